The van der Waals surface area contributed by atoms with E-state index in [1.54, 1.807) is 7.11 Å². The van der Waals surface area contributed by atoms with Crippen LogP contribution in [0.15, 0.2) is 35.3 Å². The summed E-state index contributed by atoms with van der Waals surface area (Å²) in [7, 11) is 1.73. The van der Waals surface area contributed by atoms with E-state index in [0.29, 0.717) is 12.5 Å². The van der Waals surface area contributed by atoms with Crippen molar-refractivity contribution in [3.05, 3.63) is 30.3 Å². The van der Waals surface area contributed by atoms with Gasteiger partial charge in [0.1, 0.15) is 0 Å². The van der Waals surface area contributed by atoms with Crippen LogP contribution in [0.1, 0.15) is 27.2 Å². The zero-order chi connectivity index (χ0) is 17.4. The highest BCUT2D eigenvalue weighted by molar-refractivity contribution is 14.0. The number of ether oxygens (including phenoxy) is 1. The standard InChI is InChI=1S/C19H32N4O.HI/c1-5-20-18(22-15-19(2,3)24-4)21-13-16-11-12-23(14-16)17-9-7-6-8-10-17;/h6-10,16H,5,11-15H2,1-4H3,(H2,20,21,22);1H. The van der Waals surface area contributed by atoms with E-state index >= 15 is 0 Å². The van der Waals surface area contributed by atoms with E-state index in [1.807, 2.05) is 0 Å². The molecule has 1 heterocycles. The SMILES string of the molecule is CCNC(=NCC(C)(C)OC)NCC1CCN(c2ccccc2)C1.I. The van der Waals surface area contributed by atoms with Gasteiger partial charge in [-0.3, -0.25) is 4.99 Å². The van der Waals surface area contributed by atoms with Gasteiger partial charge in [0.2, 0.25) is 0 Å². The number of methoxy groups -OCH3 is 1. The molecule has 6 heteroatoms. The van der Waals surface area contributed by atoms with Crippen molar-refractivity contribution >= 4 is 35.6 Å². The summed E-state index contributed by atoms with van der Waals surface area (Å²) in [6.45, 7) is 10.9. The molecule has 1 aliphatic heterocycles. The van der Waals surface area contributed by atoms with Gasteiger partial charge in [-0.1, -0.05) is 18.2 Å². The smallest absolute Gasteiger partial charge is 0.191 e. The first-order valence-corrected chi connectivity index (χ1v) is 8.91. The maximum absolute atomic E-state index is 5.44. The van der Waals surface area contributed by atoms with Gasteiger partial charge in [-0.15, -0.1) is 24.0 Å². The lowest BCUT2D eigenvalue weighted by atomic mass is 10.1. The Bertz CT molecular complexity index is 521. The number of aliphatic imine (C=N–C) groups is 1. The zero-order valence-electron chi connectivity index (χ0n) is 15.9. The van der Waals surface area contributed by atoms with Crippen LogP contribution in [0.25, 0.3) is 0 Å². The van der Waals surface area contributed by atoms with Crippen molar-refractivity contribution in [1.29, 1.82) is 0 Å². The lowest BCUT2D eigenvalue weighted by Crippen LogP contribution is -2.41. The van der Waals surface area contributed by atoms with E-state index in [2.05, 4.69) is 71.6 Å². The predicted octanol–water partition coefficient (Wildman–Crippen LogP) is 3.11. The molecule has 1 fully saturated rings. The first-order chi connectivity index (χ1) is 11.5. The van der Waals surface area contributed by atoms with Crippen LogP contribution in [0.5, 0.6) is 0 Å². The van der Waals surface area contributed by atoms with Crippen LogP contribution in [0.2, 0.25) is 0 Å². The molecule has 2 N–H and O–H groups in total. The molecule has 1 aromatic carbocycles. The molecule has 0 bridgehead atoms. The van der Waals surface area contributed by atoms with E-state index in [9.17, 15) is 0 Å². The highest BCUT2D eigenvalue weighted by Crippen LogP contribution is 2.22. The summed E-state index contributed by atoms with van der Waals surface area (Å²) in [5.41, 5.74) is 1.09. The quantitative estimate of drug-likeness (QED) is 0.373. The molecule has 1 unspecified atom stereocenters. The lowest BCUT2D eigenvalue weighted by Gasteiger charge is -2.22. The van der Waals surface area contributed by atoms with Crippen LogP contribution in [0.3, 0.4) is 0 Å². The van der Waals surface area contributed by atoms with E-state index in [0.717, 1.165) is 32.1 Å². The van der Waals surface area contributed by atoms with Crippen molar-refractivity contribution in [2.75, 3.05) is 44.7 Å². The summed E-state index contributed by atoms with van der Waals surface area (Å²) in [4.78, 5) is 7.11. The molecular formula is C19H33IN4O. The van der Waals surface area contributed by atoms with Crippen molar-refractivity contribution < 1.29 is 4.74 Å². The van der Waals surface area contributed by atoms with E-state index in [1.165, 1.54) is 12.1 Å². The Morgan fingerprint density at radius 2 is 2.00 bits per heavy atom. The van der Waals surface area contributed by atoms with Crippen LogP contribution in [0.4, 0.5) is 5.69 Å². The summed E-state index contributed by atoms with van der Waals surface area (Å²) in [5, 5.41) is 6.80. The Morgan fingerprint density at radius 1 is 1.28 bits per heavy atom. The Morgan fingerprint density at radius 3 is 2.64 bits per heavy atom. The van der Waals surface area contributed by atoms with Crippen LogP contribution in [-0.4, -0.2) is 51.4 Å². The van der Waals surface area contributed by atoms with Gasteiger partial charge in [0.25, 0.3) is 0 Å². The monoisotopic (exact) mass is 460 g/mol. The molecule has 0 spiro atoms. The van der Waals surface area contributed by atoms with E-state index in [4.69, 9.17) is 4.74 Å². The molecule has 1 aliphatic rings. The molecule has 2 rings (SSSR count). The summed E-state index contributed by atoms with van der Waals surface area (Å²) in [6.07, 6.45) is 1.21. The Hall–Kier alpha value is -1.02. The maximum Gasteiger partial charge on any atom is 0.191 e. The normalized spacial score (nSPS) is 18.0. The second kappa shape index (κ2) is 10.9. The number of para-hydroxylation sites is 1. The van der Waals surface area contributed by atoms with Gasteiger partial charge < -0.3 is 20.3 Å². The molecule has 25 heavy (non-hydrogen) atoms. The Kier molecular flexibility index (Phi) is 9.56. The number of halogens is 1. The number of nitrogens with zero attached hydrogens (tertiary/aromatic N) is 2. The molecular weight excluding hydrogens is 427 g/mol. The maximum atomic E-state index is 5.44. The third-order valence-electron chi connectivity index (χ3n) is 4.48. The van der Waals surface area contributed by atoms with Gasteiger partial charge in [0, 0.05) is 39.0 Å². The first-order valence-electron chi connectivity index (χ1n) is 8.91. The van der Waals surface area contributed by atoms with Crippen LogP contribution in [-0.2, 0) is 4.74 Å². The van der Waals surface area contributed by atoms with Gasteiger partial charge in [-0.2, -0.15) is 0 Å². The fourth-order valence-electron chi connectivity index (χ4n) is 2.79. The molecule has 142 valence electrons. The number of guanidine groups is 1. The number of hydrogen-bond donors (Lipinski definition) is 2. The minimum absolute atomic E-state index is 0. The van der Waals surface area contributed by atoms with Gasteiger partial charge in [0.05, 0.1) is 12.1 Å². The molecule has 0 saturated carbocycles. The molecule has 0 radical (unpaired) electrons. The van der Waals surface area contributed by atoms with Crippen LogP contribution < -0.4 is 15.5 Å². The average Bonchev–Trinajstić information content (AvgIpc) is 3.07. The third-order valence-corrected chi connectivity index (χ3v) is 4.48. The van der Waals surface area contributed by atoms with E-state index < -0.39 is 0 Å². The molecule has 1 atom stereocenters. The topological polar surface area (TPSA) is 48.9 Å². The Labute approximate surface area is 169 Å². The summed E-state index contributed by atoms with van der Waals surface area (Å²) in [5.74, 6) is 1.52. The largest absolute Gasteiger partial charge is 0.377 e. The zero-order valence-corrected chi connectivity index (χ0v) is 18.2. The highest BCUT2D eigenvalue weighted by atomic mass is 127. The molecule has 1 aromatic rings. The summed E-state index contributed by atoms with van der Waals surface area (Å²) < 4.78 is 5.44. The molecule has 0 aliphatic carbocycles. The second-order valence-electron chi connectivity index (χ2n) is 6.98. The van der Waals surface area contributed by atoms with Crippen molar-refractivity contribution in [3.8, 4) is 0 Å². The number of anilines is 1. The van der Waals surface area contributed by atoms with Crippen LogP contribution in [0, 0.1) is 5.92 Å². The summed E-state index contributed by atoms with van der Waals surface area (Å²) >= 11 is 0. The van der Waals surface area contributed by atoms with Crippen molar-refractivity contribution in [2.45, 2.75) is 32.8 Å². The number of hydrogen-bond acceptors (Lipinski definition) is 3. The van der Waals surface area contributed by atoms with Gasteiger partial charge in [-0.25, -0.2) is 0 Å². The van der Waals surface area contributed by atoms with Gasteiger partial charge >= 0.3 is 0 Å². The highest BCUT2D eigenvalue weighted by Gasteiger charge is 2.23. The first kappa shape index (κ1) is 22.0. The lowest BCUT2D eigenvalue weighted by molar-refractivity contribution is 0.0310. The number of benzene rings is 1. The molecule has 0 aromatic heterocycles. The van der Waals surface area contributed by atoms with Crippen molar-refractivity contribution in [3.63, 3.8) is 0 Å². The van der Waals surface area contributed by atoms with Crippen molar-refractivity contribution in [1.82, 2.24) is 10.6 Å². The van der Waals surface area contributed by atoms with Crippen molar-refractivity contribution in [2.24, 2.45) is 10.9 Å². The van der Waals surface area contributed by atoms with Gasteiger partial charge in [0.15, 0.2) is 5.96 Å². The minimum atomic E-state index is -0.236. The predicted molar refractivity (Wildman–Crippen MR) is 117 cm³/mol. The molecule has 0 amide bonds. The fraction of sp³-hybridized carbons (Fsp3) is 0.632. The Balaban J connectivity index is 0.00000312. The van der Waals surface area contributed by atoms with Crippen LogP contribution >= 0.6 is 24.0 Å². The molecule has 1 saturated heterocycles. The minimum Gasteiger partial charge on any atom is -0.377 e. The fourth-order valence-corrected chi connectivity index (χ4v) is 2.79. The number of nitrogens with one attached hydrogen (secondary N) is 2. The third kappa shape index (κ3) is 7.40. The van der Waals surface area contributed by atoms with Gasteiger partial charge in [-0.05, 0) is 45.2 Å². The average molecular weight is 460 g/mol. The number of rotatable bonds is 7. The summed E-state index contributed by atoms with van der Waals surface area (Å²) in [6, 6.07) is 10.7. The second-order valence-corrected chi connectivity index (χ2v) is 6.98. The van der Waals surface area contributed by atoms with E-state index in [-0.39, 0.29) is 29.6 Å². The molecule has 5 nitrogen and oxygen atoms in total.